The zero-order valence-electron chi connectivity index (χ0n) is 14.6. The van der Waals surface area contributed by atoms with Gasteiger partial charge in [-0.25, -0.2) is 4.79 Å². The van der Waals surface area contributed by atoms with Crippen molar-refractivity contribution in [2.24, 2.45) is 0 Å². The summed E-state index contributed by atoms with van der Waals surface area (Å²) in [5.74, 6) is 0.437. The van der Waals surface area contributed by atoms with Crippen molar-refractivity contribution in [3.63, 3.8) is 0 Å². The van der Waals surface area contributed by atoms with Crippen LogP contribution in [0.25, 0.3) is 0 Å². The topological polar surface area (TPSA) is 55.8 Å². The van der Waals surface area contributed by atoms with Gasteiger partial charge in [-0.2, -0.15) is 0 Å². The average Bonchev–Trinajstić information content (AvgIpc) is 2.53. The molecule has 0 aromatic heterocycles. The molecule has 2 aromatic carbocycles. The fraction of sp³-hybridized carbons (Fsp3) is 0.350. The summed E-state index contributed by atoms with van der Waals surface area (Å²) in [5, 5.41) is 9.51. The van der Waals surface area contributed by atoms with E-state index in [4.69, 9.17) is 9.47 Å². The van der Waals surface area contributed by atoms with Crippen LogP contribution in [-0.2, 0) is 11.2 Å². The first-order chi connectivity index (χ1) is 11.4. The van der Waals surface area contributed by atoms with Gasteiger partial charge in [0.2, 0.25) is 0 Å². The summed E-state index contributed by atoms with van der Waals surface area (Å²) in [5.41, 5.74) is 4.01. The van der Waals surface area contributed by atoms with Gasteiger partial charge in [0.25, 0.3) is 0 Å². The van der Waals surface area contributed by atoms with Crippen LogP contribution in [0.2, 0.25) is 0 Å². The summed E-state index contributed by atoms with van der Waals surface area (Å²) in [7, 11) is 0. The number of benzene rings is 2. The molecule has 0 amide bonds. The Hall–Kier alpha value is -2.49. The average molecular weight is 328 g/mol. The number of carbonyl (C=O) groups is 1. The lowest BCUT2D eigenvalue weighted by atomic mass is 10.0. The first-order valence-electron chi connectivity index (χ1n) is 8.09. The molecule has 0 spiro atoms. The Bertz CT molecular complexity index is 704. The quantitative estimate of drug-likeness (QED) is 0.832. The molecule has 24 heavy (non-hydrogen) atoms. The maximum atomic E-state index is 11.6. The van der Waals surface area contributed by atoms with Crippen LogP contribution in [0, 0.1) is 20.8 Å². The summed E-state index contributed by atoms with van der Waals surface area (Å²) in [6.07, 6.45) is -0.628. The van der Waals surface area contributed by atoms with Crippen LogP contribution in [-0.4, -0.2) is 23.8 Å². The zero-order valence-corrected chi connectivity index (χ0v) is 14.6. The Kier molecular flexibility index (Phi) is 5.85. The minimum Gasteiger partial charge on any atom is -0.494 e. The molecule has 0 aliphatic rings. The van der Waals surface area contributed by atoms with Crippen LogP contribution in [0.4, 0.5) is 0 Å². The fourth-order valence-electron chi connectivity index (χ4n) is 2.56. The van der Waals surface area contributed by atoms with Crippen LogP contribution in [0.1, 0.15) is 29.2 Å². The summed E-state index contributed by atoms with van der Waals surface area (Å²) in [6, 6.07) is 11.4. The van der Waals surface area contributed by atoms with Gasteiger partial charge in [-0.3, -0.25) is 0 Å². The Balaban J connectivity index is 2.17. The molecule has 128 valence electrons. The fourth-order valence-corrected chi connectivity index (χ4v) is 2.56. The highest BCUT2D eigenvalue weighted by Gasteiger charge is 2.21. The summed E-state index contributed by atoms with van der Waals surface area (Å²) in [4.78, 5) is 11.6. The Labute approximate surface area is 143 Å². The highest BCUT2D eigenvalue weighted by Crippen LogP contribution is 2.25. The number of ether oxygens (including phenoxy) is 2. The van der Waals surface area contributed by atoms with Crippen molar-refractivity contribution < 1.29 is 19.4 Å². The van der Waals surface area contributed by atoms with E-state index in [0.717, 1.165) is 28.0 Å². The lowest BCUT2D eigenvalue weighted by Crippen LogP contribution is -2.29. The van der Waals surface area contributed by atoms with E-state index in [9.17, 15) is 9.90 Å². The van der Waals surface area contributed by atoms with Gasteiger partial charge < -0.3 is 14.6 Å². The molecule has 0 radical (unpaired) electrons. The Morgan fingerprint density at radius 3 is 2.38 bits per heavy atom. The van der Waals surface area contributed by atoms with E-state index in [-0.39, 0.29) is 0 Å². The summed E-state index contributed by atoms with van der Waals surface area (Å²) < 4.78 is 11.2. The standard InChI is InChI=1S/C20H24O4/c1-5-23-17-8-6-16(7-9-17)12-19(20(21)22)24-18-11-13(2)10-14(3)15(18)4/h6-11,19H,5,12H2,1-4H3,(H,21,22)/t19-/m1/s1. The predicted molar refractivity (Wildman–Crippen MR) is 94.0 cm³/mol. The second kappa shape index (κ2) is 7.86. The van der Waals surface area contributed by atoms with Crippen molar-refractivity contribution in [2.45, 2.75) is 40.2 Å². The van der Waals surface area contributed by atoms with Crippen molar-refractivity contribution in [3.8, 4) is 11.5 Å². The lowest BCUT2D eigenvalue weighted by Gasteiger charge is -2.18. The minimum atomic E-state index is -0.970. The highest BCUT2D eigenvalue weighted by atomic mass is 16.5. The molecule has 2 rings (SSSR count). The second-order valence-corrected chi connectivity index (χ2v) is 5.93. The van der Waals surface area contributed by atoms with Crippen LogP contribution >= 0.6 is 0 Å². The van der Waals surface area contributed by atoms with Crippen LogP contribution in [0.15, 0.2) is 36.4 Å². The van der Waals surface area contributed by atoms with Crippen LogP contribution in [0.3, 0.4) is 0 Å². The van der Waals surface area contributed by atoms with Gasteiger partial charge in [0.1, 0.15) is 11.5 Å². The van der Waals surface area contributed by atoms with E-state index in [1.165, 1.54) is 0 Å². The number of aryl methyl sites for hydroxylation is 2. The number of hydrogen-bond donors (Lipinski definition) is 1. The third-order valence-electron chi connectivity index (χ3n) is 3.96. The monoisotopic (exact) mass is 328 g/mol. The van der Waals surface area contributed by atoms with Crippen molar-refractivity contribution in [2.75, 3.05) is 6.61 Å². The molecule has 0 heterocycles. The van der Waals surface area contributed by atoms with E-state index in [0.29, 0.717) is 18.8 Å². The van der Waals surface area contributed by atoms with Crippen molar-refractivity contribution in [1.29, 1.82) is 0 Å². The molecule has 0 bridgehead atoms. The largest absolute Gasteiger partial charge is 0.494 e. The van der Waals surface area contributed by atoms with Gasteiger partial charge in [0.05, 0.1) is 6.61 Å². The van der Waals surface area contributed by atoms with E-state index < -0.39 is 12.1 Å². The minimum absolute atomic E-state index is 0.300. The highest BCUT2D eigenvalue weighted by molar-refractivity contribution is 5.73. The van der Waals surface area contributed by atoms with Crippen LogP contribution in [0.5, 0.6) is 11.5 Å². The number of rotatable bonds is 7. The molecule has 0 aliphatic carbocycles. The normalized spacial score (nSPS) is 11.8. The summed E-state index contributed by atoms with van der Waals surface area (Å²) in [6.45, 7) is 8.44. The molecule has 0 aliphatic heterocycles. The molecular formula is C20H24O4. The smallest absolute Gasteiger partial charge is 0.345 e. The third-order valence-corrected chi connectivity index (χ3v) is 3.96. The molecule has 4 heteroatoms. The first-order valence-corrected chi connectivity index (χ1v) is 8.09. The number of hydrogen-bond acceptors (Lipinski definition) is 3. The molecule has 0 saturated heterocycles. The van der Waals surface area contributed by atoms with E-state index >= 15 is 0 Å². The van der Waals surface area contributed by atoms with Gasteiger partial charge in [-0.15, -0.1) is 0 Å². The second-order valence-electron chi connectivity index (χ2n) is 5.93. The van der Waals surface area contributed by atoms with Gasteiger partial charge in [0, 0.05) is 6.42 Å². The molecule has 1 N–H and O–H groups in total. The van der Waals surface area contributed by atoms with Crippen LogP contribution < -0.4 is 9.47 Å². The van der Waals surface area contributed by atoms with E-state index in [1.54, 1.807) is 0 Å². The zero-order chi connectivity index (χ0) is 17.7. The summed E-state index contributed by atoms with van der Waals surface area (Å²) >= 11 is 0. The first kappa shape index (κ1) is 17.9. The number of carboxylic acid groups (broad SMARTS) is 1. The SMILES string of the molecule is CCOc1ccc(C[C@@H](Oc2cc(C)cc(C)c2C)C(=O)O)cc1. The van der Waals surface area contributed by atoms with Gasteiger partial charge in [0.15, 0.2) is 6.10 Å². The third kappa shape index (κ3) is 4.51. The van der Waals surface area contributed by atoms with Gasteiger partial charge >= 0.3 is 5.97 Å². The Morgan fingerprint density at radius 1 is 1.12 bits per heavy atom. The predicted octanol–water partition coefficient (Wildman–Crippen LogP) is 4.09. The molecule has 0 saturated carbocycles. The van der Waals surface area contributed by atoms with Crippen molar-refractivity contribution in [1.82, 2.24) is 0 Å². The molecule has 0 unspecified atom stereocenters. The van der Waals surface area contributed by atoms with Gasteiger partial charge in [-0.1, -0.05) is 18.2 Å². The molecule has 1 atom stereocenters. The molecule has 2 aromatic rings. The lowest BCUT2D eigenvalue weighted by molar-refractivity contribution is -0.145. The van der Waals surface area contributed by atoms with E-state index in [2.05, 4.69) is 6.07 Å². The Morgan fingerprint density at radius 2 is 1.79 bits per heavy atom. The maximum absolute atomic E-state index is 11.6. The number of aliphatic carboxylic acids is 1. The van der Waals surface area contributed by atoms with Gasteiger partial charge in [-0.05, 0) is 68.1 Å². The van der Waals surface area contributed by atoms with E-state index in [1.807, 2.05) is 58.0 Å². The maximum Gasteiger partial charge on any atom is 0.345 e. The van der Waals surface area contributed by atoms with Crippen molar-refractivity contribution in [3.05, 3.63) is 58.7 Å². The number of carboxylic acids is 1. The molecule has 0 fully saturated rings. The molecule has 4 nitrogen and oxygen atoms in total. The van der Waals surface area contributed by atoms with Crippen molar-refractivity contribution >= 4 is 5.97 Å². The molecular weight excluding hydrogens is 304 g/mol.